The Morgan fingerprint density at radius 3 is 2.81 bits per heavy atom. The SMILES string of the molecule is Cc1ccc(N=O)cc1-c1ccnc(Cl)n1. The molecule has 2 rings (SSSR count). The largest absolute Gasteiger partial charge is 0.226 e. The third-order valence-electron chi connectivity index (χ3n) is 2.23. The van der Waals surface area contributed by atoms with Gasteiger partial charge in [0.15, 0.2) is 0 Å². The van der Waals surface area contributed by atoms with Crippen LogP contribution in [0.1, 0.15) is 5.56 Å². The first kappa shape index (κ1) is 10.7. The van der Waals surface area contributed by atoms with Crippen molar-refractivity contribution in [2.75, 3.05) is 0 Å². The molecule has 2 aromatic rings. The van der Waals surface area contributed by atoms with E-state index in [-0.39, 0.29) is 5.28 Å². The summed E-state index contributed by atoms with van der Waals surface area (Å²) in [5, 5.41) is 3.08. The molecule has 0 spiro atoms. The van der Waals surface area contributed by atoms with Crippen LogP contribution in [-0.4, -0.2) is 9.97 Å². The van der Waals surface area contributed by atoms with Crippen LogP contribution in [0.5, 0.6) is 0 Å². The van der Waals surface area contributed by atoms with Crippen LogP contribution < -0.4 is 0 Å². The molecule has 0 aliphatic heterocycles. The van der Waals surface area contributed by atoms with Crippen molar-refractivity contribution in [1.82, 2.24) is 9.97 Å². The summed E-state index contributed by atoms with van der Waals surface area (Å²) in [6.45, 7) is 1.93. The quantitative estimate of drug-likeness (QED) is 0.589. The maximum Gasteiger partial charge on any atom is 0.222 e. The van der Waals surface area contributed by atoms with Gasteiger partial charge in [0.1, 0.15) is 5.69 Å². The number of halogens is 1. The lowest BCUT2D eigenvalue weighted by atomic mass is 10.0. The maximum absolute atomic E-state index is 10.5. The van der Waals surface area contributed by atoms with Crippen LogP contribution in [-0.2, 0) is 0 Å². The highest BCUT2D eigenvalue weighted by Crippen LogP contribution is 2.26. The molecule has 4 nitrogen and oxygen atoms in total. The van der Waals surface area contributed by atoms with Crippen molar-refractivity contribution in [3.05, 3.63) is 46.2 Å². The molecule has 0 unspecified atom stereocenters. The van der Waals surface area contributed by atoms with Crippen LogP contribution >= 0.6 is 11.6 Å². The summed E-state index contributed by atoms with van der Waals surface area (Å²) in [7, 11) is 0. The van der Waals surface area contributed by atoms with Gasteiger partial charge in [0.25, 0.3) is 0 Å². The normalized spacial score (nSPS) is 10.1. The fraction of sp³-hybridized carbons (Fsp3) is 0.0909. The third kappa shape index (κ3) is 2.06. The first-order valence-electron chi connectivity index (χ1n) is 4.63. The summed E-state index contributed by atoms with van der Waals surface area (Å²) in [6, 6.07) is 6.90. The number of benzene rings is 1. The lowest BCUT2D eigenvalue weighted by Crippen LogP contribution is -1.89. The predicted molar refractivity (Wildman–Crippen MR) is 62.7 cm³/mol. The average molecular weight is 234 g/mol. The van der Waals surface area contributed by atoms with E-state index < -0.39 is 0 Å². The summed E-state index contributed by atoms with van der Waals surface area (Å²) in [5.74, 6) is 0. The fourth-order valence-electron chi connectivity index (χ4n) is 1.43. The summed E-state index contributed by atoms with van der Waals surface area (Å²) in [5.41, 5.74) is 2.89. The number of aryl methyl sites for hydroxylation is 1. The molecular weight excluding hydrogens is 226 g/mol. The van der Waals surface area contributed by atoms with Crippen molar-refractivity contribution in [1.29, 1.82) is 0 Å². The molecule has 80 valence electrons. The van der Waals surface area contributed by atoms with E-state index in [1.54, 1.807) is 24.4 Å². The predicted octanol–water partition coefficient (Wildman–Crippen LogP) is 3.50. The van der Waals surface area contributed by atoms with Crippen molar-refractivity contribution in [2.45, 2.75) is 6.92 Å². The van der Waals surface area contributed by atoms with E-state index in [2.05, 4.69) is 15.1 Å². The van der Waals surface area contributed by atoms with E-state index in [0.29, 0.717) is 11.4 Å². The molecule has 0 aliphatic carbocycles. The van der Waals surface area contributed by atoms with Gasteiger partial charge in [-0.3, -0.25) is 0 Å². The minimum absolute atomic E-state index is 0.182. The molecule has 0 saturated carbocycles. The number of rotatable bonds is 2. The Kier molecular flexibility index (Phi) is 2.92. The van der Waals surface area contributed by atoms with Crippen molar-refractivity contribution in [2.24, 2.45) is 5.18 Å². The van der Waals surface area contributed by atoms with Gasteiger partial charge in [-0.05, 0) is 47.5 Å². The van der Waals surface area contributed by atoms with Crippen molar-refractivity contribution >= 4 is 17.3 Å². The van der Waals surface area contributed by atoms with E-state index in [4.69, 9.17) is 11.6 Å². The standard InChI is InChI=1S/C11H8ClN3O/c1-7-2-3-8(15-16)6-9(7)10-4-5-13-11(12)14-10/h2-6H,1H3. The number of nitrogens with zero attached hydrogens (tertiary/aromatic N) is 3. The zero-order chi connectivity index (χ0) is 11.5. The van der Waals surface area contributed by atoms with E-state index in [1.165, 1.54) is 0 Å². The van der Waals surface area contributed by atoms with Crippen molar-refractivity contribution < 1.29 is 0 Å². The number of nitroso groups, excluding NO2 is 1. The van der Waals surface area contributed by atoms with Crippen molar-refractivity contribution in [3.8, 4) is 11.3 Å². The van der Waals surface area contributed by atoms with Crippen molar-refractivity contribution in [3.63, 3.8) is 0 Å². The van der Waals surface area contributed by atoms with Gasteiger partial charge in [-0.2, -0.15) is 0 Å². The van der Waals surface area contributed by atoms with Gasteiger partial charge >= 0.3 is 0 Å². The van der Waals surface area contributed by atoms with Crippen LogP contribution in [0.4, 0.5) is 5.69 Å². The van der Waals surface area contributed by atoms with Gasteiger partial charge in [-0.25, -0.2) is 9.97 Å². The number of hydrogen-bond donors (Lipinski definition) is 0. The molecule has 16 heavy (non-hydrogen) atoms. The Balaban J connectivity index is 2.58. The Morgan fingerprint density at radius 1 is 1.31 bits per heavy atom. The molecule has 1 aromatic carbocycles. The van der Waals surface area contributed by atoms with E-state index in [1.807, 2.05) is 13.0 Å². The molecule has 1 aromatic heterocycles. The summed E-state index contributed by atoms with van der Waals surface area (Å²) >= 11 is 5.71. The lowest BCUT2D eigenvalue weighted by Gasteiger charge is -2.05. The molecule has 1 heterocycles. The molecule has 5 heteroatoms. The Labute approximate surface area is 97.3 Å². The van der Waals surface area contributed by atoms with Crippen LogP contribution in [0.15, 0.2) is 35.6 Å². The van der Waals surface area contributed by atoms with Crippen LogP contribution in [0, 0.1) is 11.8 Å². The van der Waals surface area contributed by atoms with Crippen LogP contribution in [0.3, 0.4) is 0 Å². The van der Waals surface area contributed by atoms with Crippen LogP contribution in [0.2, 0.25) is 5.28 Å². The molecule has 0 N–H and O–H groups in total. The molecule has 0 atom stereocenters. The van der Waals surface area contributed by atoms with Gasteiger partial charge in [0.2, 0.25) is 5.28 Å². The lowest BCUT2D eigenvalue weighted by molar-refractivity contribution is 1.17. The highest BCUT2D eigenvalue weighted by Gasteiger charge is 2.06. The second kappa shape index (κ2) is 4.37. The Morgan fingerprint density at radius 2 is 2.12 bits per heavy atom. The summed E-state index contributed by atoms with van der Waals surface area (Å²) < 4.78 is 0. The molecule has 0 aliphatic rings. The number of hydrogen-bond acceptors (Lipinski definition) is 4. The molecule has 0 saturated heterocycles. The highest BCUT2D eigenvalue weighted by atomic mass is 35.5. The van der Waals surface area contributed by atoms with E-state index in [0.717, 1.165) is 11.1 Å². The topological polar surface area (TPSA) is 55.2 Å². The average Bonchev–Trinajstić information content (AvgIpc) is 2.30. The van der Waals surface area contributed by atoms with Gasteiger partial charge in [0.05, 0.1) is 5.69 Å². The smallest absolute Gasteiger partial charge is 0.222 e. The maximum atomic E-state index is 10.5. The zero-order valence-corrected chi connectivity index (χ0v) is 9.27. The monoisotopic (exact) mass is 233 g/mol. The number of aromatic nitrogens is 2. The molecular formula is C11H8ClN3O. The molecule has 0 fully saturated rings. The second-order valence-corrected chi connectivity index (χ2v) is 3.64. The second-order valence-electron chi connectivity index (χ2n) is 3.30. The minimum atomic E-state index is 0.182. The minimum Gasteiger partial charge on any atom is -0.226 e. The van der Waals surface area contributed by atoms with Gasteiger partial charge in [-0.15, -0.1) is 4.91 Å². The molecule has 0 radical (unpaired) electrons. The highest BCUT2D eigenvalue weighted by molar-refractivity contribution is 6.28. The van der Waals surface area contributed by atoms with E-state index in [9.17, 15) is 4.91 Å². The van der Waals surface area contributed by atoms with Gasteiger partial charge in [-0.1, -0.05) is 6.07 Å². The van der Waals surface area contributed by atoms with Gasteiger partial charge < -0.3 is 0 Å². The van der Waals surface area contributed by atoms with Gasteiger partial charge in [0, 0.05) is 11.8 Å². The van der Waals surface area contributed by atoms with Crippen LogP contribution in [0.25, 0.3) is 11.3 Å². The van der Waals surface area contributed by atoms with E-state index >= 15 is 0 Å². The first-order chi connectivity index (χ1) is 7.70. The Hall–Kier alpha value is -1.81. The summed E-state index contributed by atoms with van der Waals surface area (Å²) in [4.78, 5) is 18.4. The molecule has 0 amide bonds. The third-order valence-corrected chi connectivity index (χ3v) is 2.41. The zero-order valence-electron chi connectivity index (χ0n) is 8.51. The Bertz CT molecular complexity index is 543. The summed E-state index contributed by atoms with van der Waals surface area (Å²) in [6.07, 6.45) is 1.57. The molecule has 0 bridgehead atoms. The first-order valence-corrected chi connectivity index (χ1v) is 5.01. The fourth-order valence-corrected chi connectivity index (χ4v) is 1.58.